The number of hydrogen-bond acceptors (Lipinski definition) is 6. The first kappa shape index (κ1) is 12.6. The maximum absolute atomic E-state index is 11.0. The van der Waals surface area contributed by atoms with Gasteiger partial charge in [0.05, 0.1) is 4.92 Å². The molecular weight excluding hydrogens is 252 g/mol. The number of hydrogen-bond donors (Lipinski definition) is 1. The molecule has 6 nitrogen and oxygen atoms in total. The lowest BCUT2D eigenvalue weighted by molar-refractivity contribution is -0.384. The number of anilines is 1. The van der Waals surface area contributed by atoms with Crippen LogP contribution in [0.5, 0.6) is 0 Å². The van der Waals surface area contributed by atoms with E-state index >= 15 is 0 Å². The third-order valence-electron chi connectivity index (χ3n) is 3.05. The second kappa shape index (κ2) is 4.82. The fourth-order valence-electron chi connectivity index (χ4n) is 1.70. The van der Waals surface area contributed by atoms with E-state index in [-0.39, 0.29) is 21.8 Å². The summed E-state index contributed by atoms with van der Waals surface area (Å²) < 4.78 is 0.179. The van der Waals surface area contributed by atoms with E-state index in [0.29, 0.717) is 6.54 Å². The molecule has 1 fully saturated rings. The highest BCUT2D eigenvalue weighted by atomic mass is 32.2. The van der Waals surface area contributed by atoms with Crippen LogP contribution in [0, 0.1) is 21.4 Å². The Bertz CT molecular complexity index is 522. The Labute approximate surface area is 109 Å². The first-order valence-corrected chi connectivity index (χ1v) is 6.67. The zero-order chi connectivity index (χ0) is 13.2. The summed E-state index contributed by atoms with van der Waals surface area (Å²) in [6.07, 6.45) is 5.65. The molecule has 0 bridgehead atoms. The van der Waals surface area contributed by atoms with E-state index < -0.39 is 4.92 Å². The summed E-state index contributed by atoms with van der Waals surface area (Å²) in [5.74, 6) is 0.180. The summed E-state index contributed by atoms with van der Waals surface area (Å²) in [7, 11) is 0. The molecule has 0 aliphatic heterocycles. The lowest BCUT2D eigenvalue weighted by Crippen LogP contribution is -2.19. The molecule has 1 aliphatic rings. The van der Waals surface area contributed by atoms with Crippen LogP contribution in [0.2, 0.25) is 0 Å². The SMILES string of the molecule is CSC1(CNc2nccc(C#N)c2[N+](=O)[O-])CC1. The van der Waals surface area contributed by atoms with Crippen LogP contribution in [-0.2, 0) is 0 Å². The van der Waals surface area contributed by atoms with Gasteiger partial charge in [-0.1, -0.05) is 0 Å². The Hall–Kier alpha value is -1.81. The Morgan fingerprint density at radius 3 is 2.94 bits per heavy atom. The van der Waals surface area contributed by atoms with E-state index in [1.165, 1.54) is 12.3 Å². The van der Waals surface area contributed by atoms with Gasteiger partial charge in [0.25, 0.3) is 0 Å². The van der Waals surface area contributed by atoms with Crippen LogP contribution in [-0.4, -0.2) is 27.5 Å². The normalized spacial score (nSPS) is 15.8. The zero-order valence-corrected chi connectivity index (χ0v) is 10.7. The molecule has 1 aliphatic carbocycles. The fraction of sp³-hybridized carbons (Fsp3) is 0.455. The van der Waals surface area contributed by atoms with E-state index in [9.17, 15) is 10.1 Å². The smallest absolute Gasteiger partial charge is 0.328 e. The van der Waals surface area contributed by atoms with Crippen molar-refractivity contribution in [2.24, 2.45) is 0 Å². The van der Waals surface area contributed by atoms with E-state index in [4.69, 9.17) is 5.26 Å². The monoisotopic (exact) mass is 264 g/mol. The van der Waals surface area contributed by atoms with E-state index in [1.54, 1.807) is 11.8 Å². The highest BCUT2D eigenvalue weighted by molar-refractivity contribution is 8.00. The summed E-state index contributed by atoms with van der Waals surface area (Å²) >= 11 is 1.76. The minimum absolute atomic E-state index is 0.0338. The molecule has 2 rings (SSSR count). The van der Waals surface area contributed by atoms with Gasteiger partial charge < -0.3 is 5.32 Å². The molecule has 0 amide bonds. The zero-order valence-electron chi connectivity index (χ0n) is 9.84. The standard InChI is InChI=1S/C11H12N4O2S/c1-18-11(3-4-11)7-14-10-9(15(16)17)8(6-12)2-5-13-10/h2,5H,3-4,7H2,1H3,(H,13,14). The fourth-order valence-corrected chi connectivity index (χ4v) is 2.42. The number of nitriles is 1. The molecule has 18 heavy (non-hydrogen) atoms. The average molecular weight is 264 g/mol. The van der Waals surface area contributed by atoms with Crippen molar-refractivity contribution < 1.29 is 4.92 Å². The van der Waals surface area contributed by atoms with Crippen LogP contribution in [0.4, 0.5) is 11.5 Å². The van der Waals surface area contributed by atoms with E-state index in [0.717, 1.165) is 12.8 Å². The molecule has 7 heteroatoms. The van der Waals surface area contributed by atoms with E-state index in [2.05, 4.69) is 10.3 Å². The Kier molecular flexibility index (Phi) is 3.39. The molecule has 0 radical (unpaired) electrons. The maximum atomic E-state index is 11.0. The van der Waals surface area contributed by atoms with Gasteiger partial charge in [-0.15, -0.1) is 0 Å². The number of aromatic nitrogens is 1. The molecular formula is C11H12N4O2S. The van der Waals surface area contributed by atoms with Gasteiger partial charge in [0.1, 0.15) is 11.6 Å². The van der Waals surface area contributed by atoms with Crippen molar-refractivity contribution in [3.63, 3.8) is 0 Å². The molecule has 0 aromatic carbocycles. The van der Waals surface area contributed by atoms with Gasteiger partial charge in [0.15, 0.2) is 0 Å². The van der Waals surface area contributed by atoms with Gasteiger partial charge in [0.2, 0.25) is 5.82 Å². The van der Waals surface area contributed by atoms with Crippen molar-refractivity contribution in [2.75, 3.05) is 18.1 Å². The first-order chi connectivity index (χ1) is 8.62. The van der Waals surface area contributed by atoms with Gasteiger partial charge in [-0.25, -0.2) is 4.98 Å². The molecule has 1 N–H and O–H groups in total. The van der Waals surface area contributed by atoms with Crippen molar-refractivity contribution >= 4 is 23.3 Å². The summed E-state index contributed by atoms with van der Waals surface area (Å²) in [6.45, 7) is 0.636. The second-order valence-corrected chi connectivity index (χ2v) is 5.44. The minimum Gasteiger partial charge on any atom is -0.363 e. The third kappa shape index (κ3) is 2.38. The van der Waals surface area contributed by atoms with Gasteiger partial charge in [-0.2, -0.15) is 17.0 Å². The third-order valence-corrected chi connectivity index (χ3v) is 4.46. The summed E-state index contributed by atoms with van der Waals surface area (Å²) in [6, 6.07) is 3.17. The van der Waals surface area contributed by atoms with Crippen molar-refractivity contribution in [1.82, 2.24) is 4.98 Å². The number of nitro groups is 1. The number of rotatable bonds is 5. The highest BCUT2D eigenvalue weighted by Crippen LogP contribution is 2.47. The number of nitrogens with zero attached hydrogens (tertiary/aromatic N) is 3. The van der Waals surface area contributed by atoms with Crippen LogP contribution >= 0.6 is 11.8 Å². The molecule has 1 aromatic heterocycles. The summed E-state index contributed by atoms with van der Waals surface area (Å²) in [5, 5.41) is 22.8. The molecule has 0 spiro atoms. The topological polar surface area (TPSA) is 91.8 Å². The molecule has 1 saturated carbocycles. The lowest BCUT2D eigenvalue weighted by atomic mass is 10.2. The molecule has 1 aromatic rings. The number of nitrogens with one attached hydrogen (secondary N) is 1. The second-order valence-electron chi connectivity index (χ2n) is 4.17. The summed E-state index contributed by atoms with van der Waals surface area (Å²) in [5.41, 5.74) is -0.205. The Morgan fingerprint density at radius 2 is 2.44 bits per heavy atom. The molecule has 94 valence electrons. The van der Waals surface area contributed by atoms with Crippen molar-refractivity contribution in [3.8, 4) is 6.07 Å². The van der Waals surface area contributed by atoms with Gasteiger partial charge in [-0.05, 0) is 25.2 Å². The van der Waals surface area contributed by atoms with Crippen LogP contribution in [0.1, 0.15) is 18.4 Å². The highest BCUT2D eigenvalue weighted by Gasteiger charge is 2.42. The Morgan fingerprint density at radius 1 is 1.72 bits per heavy atom. The quantitative estimate of drug-likeness (QED) is 0.647. The molecule has 0 atom stereocenters. The van der Waals surface area contributed by atoms with Crippen molar-refractivity contribution in [1.29, 1.82) is 5.26 Å². The van der Waals surface area contributed by atoms with Gasteiger partial charge in [0, 0.05) is 17.5 Å². The molecule has 0 saturated heterocycles. The predicted molar refractivity (Wildman–Crippen MR) is 69.6 cm³/mol. The Balaban J connectivity index is 2.22. The van der Waals surface area contributed by atoms with E-state index in [1.807, 2.05) is 12.3 Å². The predicted octanol–water partition coefficient (Wildman–Crippen LogP) is 2.17. The number of thioether (sulfide) groups is 1. The van der Waals surface area contributed by atoms with Gasteiger partial charge >= 0.3 is 5.69 Å². The number of pyridine rings is 1. The largest absolute Gasteiger partial charge is 0.363 e. The average Bonchev–Trinajstić information content (AvgIpc) is 3.16. The minimum atomic E-state index is -0.563. The van der Waals surface area contributed by atoms with Crippen LogP contribution in [0.15, 0.2) is 12.3 Å². The van der Waals surface area contributed by atoms with Crippen LogP contribution in [0.3, 0.4) is 0 Å². The summed E-state index contributed by atoms with van der Waals surface area (Å²) in [4.78, 5) is 14.4. The van der Waals surface area contributed by atoms with Gasteiger partial charge in [-0.3, -0.25) is 10.1 Å². The van der Waals surface area contributed by atoms with Crippen molar-refractivity contribution in [2.45, 2.75) is 17.6 Å². The lowest BCUT2D eigenvalue weighted by Gasteiger charge is -2.13. The molecule has 1 heterocycles. The first-order valence-electron chi connectivity index (χ1n) is 5.44. The molecule has 0 unspecified atom stereocenters. The van der Waals surface area contributed by atoms with Crippen LogP contribution < -0.4 is 5.32 Å². The van der Waals surface area contributed by atoms with Crippen LogP contribution in [0.25, 0.3) is 0 Å². The van der Waals surface area contributed by atoms with Crippen molar-refractivity contribution in [3.05, 3.63) is 27.9 Å². The maximum Gasteiger partial charge on any atom is 0.328 e.